The van der Waals surface area contributed by atoms with Crippen molar-refractivity contribution < 1.29 is 13.2 Å². The van der Waals surface area contributed by atoms with Crippen LogP contribution < -0.4 is 5.32 Å². The van der Waals surface area contributed by atoms with Crippen molar-refractivity contribution in [2.75, 3.05) is 11.6 Å². The first-order chi connectivity index (χ1) is 10.3. The van der Waals surface area contributed by atoms with Gasteiger partial charge in [-0.15, -0.1) is 0 Å². The molecule has 2 bridgehead atoms. The number of carbonyl (C=O) groups excluding carboxylic acids is 1. The highest BCUT2D eigenvalue weighted by atomic mass is 35.5. The van der Waals surface area contributed by atoms with E-state index >= 15 is 0 Å². The average molecular weight is 342 g/mol. The second-order valence-corrected chi connectivity index (χ2v) is 9.02. The summed E-state index contributed by atoms with van der Waals surface area (Å²) in [6, 6.07) is 4.38. The third-order valence-electron chi connectivity index (χ3n) is 4.97. The lowest BCUT2D eigenvalue weighted by Gasteiger charge is -2.21. The number of fused-ring (bicyclic) bond motifs is 2. The number of nitrogens with one attached hydrogen (secondary N) is 1. The summed E-state index contributed by atoms with van der Waals surface area (Å²) in [7, 11) is -3.32. The first kappa shape index (κ1) is 15.8. The van der Waals surface area contributed by atoms with Crippen molar-refractivity contribution in [3.05, 3.63) is 23.2 Å². The van der Waals surface area contributed by atoms with Crippen LogP contribution in [0.5, 0.6) is 0 Å². The molecule has 1 aromatic carbocycles. The van der Waals surface area contributed by atoms with E-state index in [1.165, 1.54) is 37.5 Å². The second-order valence-electron chi connectivity index (χ2n) is 6.60. The van der Waals surface area contributed by atoms with Crippen LogP contribution in [-0.2, 0) is 14.6 Å². The molecule has 0 aliphatic heterocycles. The zero-order valence-corrected chi connectivity index (χ0v) is 14.1. The van der Waals surface area contributed by atoms with E-state index in [1.54, 1.807) is 0 Å². The topological polar surface area (TPSA) is 63.2 Å². The normalized spacial score (nSPS) is 27.1. The number of anilines is 1. The first-order valence-electron chi connectivity index (χ1n) is 7.62. The molecule has 1 amide bonds. The van der Waals surface area contributed by atoms with Crippen LogP contribution in [0, 0.1) is 17.8 Å². The molecule has 2 aliphatic rings. The zero-order valence-electron chi connectivity index (χ0n) is 12.5. The number of carbonyl (C=O) groups is 1. The summed E-state index contributed by atoms with van der Waals surface area (Å²) in [4.78, 5) is 12.4. The summed E-state index contributed by atoms with van der Waals surface area (Å²) in [5.74, 6) is 1.88. The van der Waals surface area contributed by atoms with Crippen LogP contribution in [0.1, 0.15) is 32.1 Å². The highest BCUT2D eigenvalue weighted by Gasteiger charge is 2.40. The van der Waals surface area contributed by atoms with Crippen LogP contribution in [0.25, 0.3) is 0 Å². The average Bonchev–Trinajstić information content (AvgIpc) is 3.02. The van der Waals surface area contributed by atoms with Gasteiger partial charge < -0.3 is 5.32 Å². The Morgan fingerprint density at radius 3 is 2.68 bits per heavy atom. The molecule has 2 aliphatic carbocycles. The third kappa shape index (κ3) is 3.30. The monoisotopic (exact) mass is 341 g/mol. The fraction of sp³-hybridized carbons (Fsp3) is 0.562. The minimum atomic E-state index is -3.32. The van der Waals surface area contributed by atoms with Gasteiger partial charge in [0.25, 0.3) is 0 Å². The van der Waals surface area contributed by atoms with Crippen molar-refractivity contribution >= 4 is 33.0 Å². The van der Waals surface area contributed by atoms with Crippen molar-refractivity contribution in [2.45, 2.75) is 37.0 Å². The van der Waals surface area contributed by atoms with Crippen molar-refractivity contribution in [3.63, 3.8) is 0 Å². The fourth-order valence-corrected chi connectivity index (χ4v) is 4.71. The van der Waals surface area contributed by atoms with Crippen LogP contribution in [0.3, 0.4) is 0 Å². The molecule has 3 rings (SSSR count). The molecule has 3 unspecified atom stereocenters. The van der Waals surface area contributed by atoms with Crippen LogP contribution >= 0.6 is 11.6 Å². The Hall–Kier alpha value is -1.07. The van der Waals surface area contributed by atoms with Crippen LogP contribution in [0.4, 0.5) is 5.69 Å². The standard InChI is InChI=1S/C16H20ClNO3S/c1-22(20,21)13-4-5-14(17)15(9-13)18-16(19)8-12-7-10-2-3-11(12)6-10/h4-5,9-12H,2-3,6-8H2,1H3,(H,18,19). The minimum absolute atomic E-state index is 0.0786. The maximum absolute atomic E-state index is 12.2. The fourth-order valence-electron chi connectivity index (χ4n) is 3.90. The molecule has 120 valence electrons. The molecule has 0 radical (unpaired) electrons. The van der Waals surface area contributed by atoms with Gasteiger partial charge in [-0.2, -0.15) is 0 Å². The number of hydrogen-bond acceptors (Lipinski definition) is 3. The Morgan fingerprint density at radius 1 is 1.32 bits per heavy atom. The van der Waals surface area contributed by atoms with E-state index in [0.29, 0.717) is 29.0 Å². The van der Waals surface area contributed by atoms with Crippen molar-refractivity contribution in [3.8, 4) is 0 Å². The molecule has 0 spiro atoms. The quantitative estimate of drug-likeness (QED) is 0.911. The Kier molecular flexibility index (Phi) is 4.21. The van der Waals surface area contributed by atoms with Crippen molar-refractivity contribution in [1.29, 1.82) is 0 Å². The lowest BCUT2D eigenvalue weighted by molar-refractivity contribution is -0.117. The van der Waals surface area contributed by atoms with Gasteiger partial charge in [0.05, 0.1) is 15.6 Å². The Balaban J connectivity index is 1.68. The van der Waals surface area contributed by atoms with E-state index in [2.05, 4.69) is 5.32 Å². The minimum Gasteiger partial charge on any atom is -0.325 e. The highest BCUT2D eigenvalue weighted by Crippen LogP contribution is 2.49. The molecule has 3 atom stereocenters. The van der Waals surface area contributed by atoms with Gasteiger partial charge in [0, 0.05) is 12.7 Å². The van der Waals surface area contributed by atoms with Crippen LogP contribution in [-0.4, -0.2) is 20.6 Å². The van der Waals surface area contributed by atoms with Crippen LogP contribution in [0.15, 0.2) is 23.1 Å². The predicted octanol–water partition coefficient (Wildman–Crippen LogP) is 3.51. The van der Waals surface area contributed by atoms with Crippen LogP contribution in [0.2, 0.25) is 5.02 Å². The van der Waals surface area contributed by atoms with E-state index in [4.69, 9.17) is 11.6 Å². The molecule has 2 saturated carbocycles. The smallest absolute Gasteiger partial charge is 0.224 e. The number of halogens is 1. The third-order valence-corrected chi connectivity index (χ3v) is 6.41. The van der Waals surface area contributed by atoms with E-state index in [0.717, 1.165) is 18.6 Å². The zero-order chi connectivity index (χ0) is 15.9. The van der Waals surface area contributed by atoms with Gasteiger partial charge in [-0.3, -0.25) is 4.79 Å². The van der Waals surface area contributed by atoms with E-state index < -0.39 is 9.84 Å². The number of amides is 1. The van der Waals surface area contributed by atoms with Gasteiger partial charge in [0.1, 0.15) is 0 Å². The Labute approximate surface area is 136 Å². The Morgan fingerprint density at radius 2 is 2.09 bits per heavy atom. The van der Waals surface area contributed by atoms with Gasteiger partial charge >= 0.3 is 0 Å². The summed E-state index contributed by atoms with van der Waals surface area (Å²) in [5, 5.41) is 3.13. The summed E-state index contributed by atoms with van der Waals surface area (Å²) in [5.41, 5.74) is 0.373. The summed E-state index contributed by atoms with van der Waals surface area (Å²) in [6.45, 7) is 0. The predicted molar refractivity (Wildman–Crippen MR) is 86.7 cm³/mol. The number of rotatable bonds is 4. The summed E-state index contributed by atoms with van der Waals surface area (Å²) in [6.07, 6.45) is 6.60. The van der Waals surface area contributed by atoms with Gasteiger partial charge in [0.15, 0.2) is 9.84 Å². The molecule has 6 heteroatoms. The molecule has 22 heavy (non-hydrogen) atoms. The number of sulfone groups is 1. The molecular formula is C16H20ClNO3S. The van der Waals surface area contributed by atoms with E-state index in [9.17, 15) is 13.2 Å². The van der Waals surface area contributed by atoms with Crippen molar-refractivity contribution in [2.24, 2.45) is 17.8 Å². The SMILES string of the molecule is CS(=O)(=O)c1ccc(Cl)c(NC(=O)CC2CC3CCC2C3)c1. The number of hydrogen-bond donors (Lipinski definition) is 1. The molecular weight excluding hydrogens is 322 g/mol. The van der Waals surface area contributed by atoms with E-state index in [1.807, 2.05) is 0 Å². The second kappa shape index (κ2) is 5.85. The number of benzene rings is 1. The molecule has 0 aromatic heterocycles. The largest absolute Gasteiger partial charge is 0.325 e. The Bertz CT molecular complexity index is 701. The molecule has 2 fully saturated rings. The van der Waals surface area contributed by atoms with Gasteiger partial charge in [-0.25, -0.2) is 8.42 Å². The molecule has 1 aromatic rings. The van der Waals surface area contributed by atoms with Crippen molar-refractivity contribution in [1.82, 2.24) is 0 Å². The van der Waals surface area contributed by atoms with Gasteiger partial charge in [0.2, 0.25) is 5.91 Å². The maximum atomic E-state index is 12.2. The summed E-state index contributed by atoms with van der Waals surface area (Å²) < 4.78 is 23.2. The van der Waals surface area contributed by atoms with Gasteiger partial charge in [-0.1, -0.05) is 18.0 Å². The van der Waals surface area contributed by atoms with Gasteiger partial charge in [-0.05, 0) is 55.2 Å². The molecule has 0 saturated heterocycles. The lowest BCUT2D eigenvalue weighted by Crippen LogP contribution is -2.20. The highest BCUT2D eigenvalue weighted by molar-refractivity contribution is 7.90. The summed E-state index contributed by atoms with van der Waals surface area (Å²) >= 11 is 6.06. The molecule has 0 heterocycles. The first-order valence-corrected chi connectivity index (χ1v) is 9.89. The lowest BCUT2D eigenvalue weighted by atomic mass is 9.86. The molecule has 4 nitrogen and oxygen atoms in total. The molecule has 1 N–H and O–H groups in total. The maximum Gasteiger partial charge on any atom is 0.224 e. The van der Waals surface area contributed by atoms with E-state index in [-0.39, 0.29) is 10.8 Å².